The highest BCUT2D eigenvalue weighted by Gasteiger charge is 2.23. The maximum atomic E-state index is 4.26. The summed E-state index contributed by atoms with van der Waals surface area (Å²) in [6.07, 6.45) is 3.75. The molecule has 0 aromatic carbocycles. The van der Waals surface area contributed by atoms with Crippen LogP contribution in [0.4, 0.5) is 0 Å². The molecule has 0 amide bonds. The van der Waals surface area contributed by atoms with E-state index < -0.39 is 0 Å². The zero-order valence-electron chi connectivity index (χ0n) is 9.48. The molecule has 0 saturated heterocycles. The second-order valence-electron chi connectivity index (χ2n) is 4.53. The normalized spacial score (nSPS) is 24.4. The maximum absolute atomic E-state index is 4.26. The molecule has 0 aromatic rings. The van der Waals surface area contributed by atoms with Gasteiger partial charge >= 0.3 is 0 Å². The minimum absolute atomic E-state index is 0.735. The van der Waals surface area contributed by atoms with E-state index in [1.807, 2.05) is 0 Å². The maximum Gasteiger partial charge on any atom is -0.0139 e. The topological polar surface area (TPSA) is 0 Å². The van der Waals surface area contributed by atoms with Gasteiger partial charge in [-0.1, -0.05) is 32.9 Å². The molecule has 1 aliphatic carbocycles. The molecule has 1 unspecified atom stereocenters. The smallest absolute Gasteiger partial charge is 0.0139 e. The van der Waals surface area contributed by atoms with Gasteiger partial charge in [0.05, 0.1) is 0 Å². The van der Waals surface area contributed by atoms with Crippen LogP contribution in [0.3, 0.4) is 0 Å². The number of allylic oxidation sites excluding steroid dienone is 3. The van der Waals surface area contributed by atoms with E-state index in [-0.39, 0.29) is 0 Å². The second-order valence-corrected chi connectivity index (χ2v) is 4.53. The summed E-state index contributed by atoms with van der Waals surface area (Å²) in [7, 11) is 0. The highest BCUT2D eigenvalue weighted by Crippen LogP contribution is 2.38. The van der Waals surface area contributed by atoms with Gasteiger partial charge in [0.15, 0.2) is 0 Å². The summed E-state index contributed by atoms with van der Waals surface area (Å²) in [4.78, 5) is 0. The fourth-order valence-corrected chi connectivity index (χ4v) is 2.46. The summed E-state index contributed by atoms with van der Waals surface area (Å²) < 4.78 is 0. The third-order valence-electron chi connectivity index (χ3n) is 3.34. The number of hydrogen-bond acceptors (Lipinski definition) is 0. The van der Waals surface area contributed by atoms with Gasteiger partial charge in [0.1, 0.15) is 0 Å². The van der Waals surface area contributed by atoms with Gasteiger partial charge < -0.3 is 0 Å². The summed E-state index contributed by atoms with van der Waals surface area (Å²) in [6, 6.07) is 0. The van der Waals surface area contributed by atoms with E-state index in [1.165, 1.54) is 18.4 Å². The van der Waals surface area contributed by atoms with Gasteiger partial charge in [-0.15, -0.1) is 0 Å². The van der Waals surface area contributed by atoms with E-state index in [2.05, 4.69) is 34.3 Å². The molecule has 1 atom stereocenters. The van der Waals surface area contributed by atoms with E-state index in [9.17, 15) is 0 Å². The lowest BCUT2D eigenvalue weighted by molar-refractivity contribution is 0.405. The van der Waals surface area contributed by atoms with Crippen molar-refractivity contribution in [1.29, 1.82) is 0 Å². The van der Waals surface area contributed by atoms with Crippen LogP contribution < -0.4 is 0 Å². The average molecular weight is 178 g/mol. The molecule has 0 heterocycles. The third kappa shape index (κ3) is 2.04. The van der Waals surface area contributed by atoms with Crippen molar-refractivity contribution in [2.45, 2.75) is 47.0 Å². The Hall–Kier alpha value is -0.520. The van der Waals surface area contributed by atoms with Gasteiger partial charge in [-0.2, -0.15) is 0 Å². The Morgan fingerprint density at radius 3 is 2.54 bits per heavy atom. The van der Waals surface area contributed by atoms with Crippen molar-refractivity contribution in [3.63, 3.8) is 0 Å². The molecule has 1 rings (SSSR count). The van der Waals surface area contributed by atoms with Gasteiger partial charge in [-0.25, -0.2) is 0 Å². The van der Waals surface area contributed by atoms with E-state index >= 15 is 0 Å². The largest absolute Gasteiger partial charge is 0.0953 e. The molecule has 0 fully saturated rings. The first-order valence-corrected chi connectivity index (χ1v) is 5.45. The highest BCUT2D eigenvalue weighted by molar-refractivity contribution is 5.37. The molecule has 74 valence electrons. The first kappa shape index (κ1) is 10.6. The zero-order valence-corrected chi connectivity index (χ0v) is 9.48. The lowest BCUT2D eigenvalue weighted by Gasteiger charge is -2.31. The Labute approximate surface area is 82.7 Å². The molecular formula is C13H22. The van der Waals surface area contributed by atoms with E-state index in [4.69, 9.17) is 0 Å². The SMILES string of the molecule is C=C1C(CC)=C(C)CCC1C(C)C. The highest BCUT2D eigenvalue weighted by atomic mass is 14.3. The Kier molecular flexibility index (Phi) is 3.35. The van der Waals surface area contributed by atoms with E-state index in [0.29, 0.717) is 0 Å². The van der Waals surface area contributed by atoms with Gasteiger partial charge in [-0.3, -0.25) is 0 Å². The van der Waals surface area contributed by atoms with Gasteiger partial charge in [0, 0.05) is 0 Å². The van der Waals surface area contributed by atoms with Crippen molar-refractivity contribution in [2.24, 2.45) is 11.8 Å². The Morgan fingerprint density at radius 1 is 1.46 bits per heavy atom. The Morgan fingerprint density at radius 2 is 2.08 bits per heavy atom. The molecule has 0 bridgehead atoms. The zero-order chi connectivity index (χ0) is 10.0. The molecular weight excluding hydrogens is 156 g/mol. The molecule has 0 N–H and O–H groups in total. The van der Waals surface area contributed by atoms with E-state index in [0.717, 1.165) is 18.3 Å². The van der Waals surface area contributed by atoms with Crippen LogP contribution in [0.25, 0.3) is 0 Å². The third-order valence-corrected chi connectivity index (χ3v) is 3.34. The van der Waals surface area contributed by atoms with Gasteiger partial charge in [0.25, 0.3) is 0 Å². The predicted octanol–water partition coefficient (Wildman–Crippen LogP) is 4.34. The van der Waals surface area contributed by atoms with Crippen molar-refractivity contribution in [1.82, 2.24) is 0 Å². The molecule has 13 heavy (non-hydrogen) atoms. The van der Waals surface area contributed by atoms with Gasteiger partial charge in [0.2, 0.25) is 0 Å². The van der Waals surface area contributed by atoms with Crippen LogP contribution in [0.1, 0.15) is 47.0 Å². The quantitative estimate of drug-likeness (QED) is 0.590. The van der Waals surface area contributed by atoms with Crippen LogP contribution in [-0.2, 0) is 0 Å². The summed E-state index contributed by atoms with van der Waals surface area (Å²) >= 11 is 0. The Bertz CT molecular complexity index is 230. The fraction of sp³-hybridized carbons (Fsp3) is 0.692. The van der Waals surface area contributed by atoms with Crippen LogP contribution in [0.15, 0.2) is 23.3 Å². The van der Waals surface area contributed by atoms with Crippen molar-refractivity contribution < 1.29 is 0 Å². The number of rotatable bonds is 2. The van der Waals surface area contributed by atoms with Crippen LogP contribution in [0, 0.1) is 11.8 Å². The summed E-state index contributed by atoms with van der Waals surface area (Å²) in [5.41, 5.74) is 4.54. The molecule has 0 spiro atoms. The van der Waals surface area contributed by atoms with E-state index in [1.54, 1.807) is 11.1 Å². The fourth-order valence-electron chi connectivity index (χ4n) is 2.46. The average Bonchev–Trinajstić information content (AvgIpc) is 2.04. The molecule has 0 saturated carbocycles. The first-order valence-electron chi connectivity index (χ1n) is 5.45. The molecule has 0 aliphatic heterocycles. The van der Waals surface area contributed by atoms with Gasteiger partial charge in [-0.05, 0) is 49.2 Å². The standard InChI is InChI=1S/C13H22/c1-6-12-10(4)7-8-13(9(2)3)11(12)5/h9,13H,5-8H2,1-4H3. The summed E-state index contributed by atoms with van der Waals surface area (Å²) in [6.45, 7) is 13.4. The molecule has 0 nitrogen and oxygen atoms in total. The van der Waals surface area contributed by atoms with Crippen molar-refractivity contribution >= 4 is 0 Å². The number of hydrogen-bond donors (Lipinski definition) is 0. The Balaban J connectivity index is 2.88. The van der Waals surface area contributed by atoms with Crippen molar-refractivity contribution in [3.05, 3.63) is 23.3 Å². The summed E-state index contributed by atoms with van der Waals surface area (Å²) in [5.74, 6) is 1.49. The first-order chi connectivity index (χ1) is 6.07. The van der Waals surface area contributed by atoms with Crippen LogP contribution in [0.5, 0.6) is 0 Å². The summed E-state index contributed by atoms with van der Waals surface area (Å²) in [5, 5.41) is 0. The molecule has 0 heteroatoms. The second kappa shape index (κ2) is 4.13. The van der Waals surface area contributed by atoms with Crippen LogP contribution >= 0.6 is 0 Å². The van der Waals surface area contributed by atoms with Crippen molar-refractivity contribution in [3.8, 4) is 0 Å². The molecule has 1 aliphatic rings. The lowest BCUT2D eigenvalue weighted by Crippen LogP contribution is -2.17. The predicted molar refractivity (Wildman–Crippen MR) is 59.7 cm³/mol. The van der Waals surface area contributed by atoms with Crippen LogP contribution in [0.2, 0.25) is 0 Å². The molecule has 0 radical (unpaired) electrons. The molecule has 0 aromatic heterocycles. The minimum atomic E-state index is 0.735. The lowest BCUT2D eigenvalue weighted by atomic mass is 9.75. The minimum Gasteiger partial charge on any atom is -0.0953 e. The van der Waals surface area contributed by atoms with Crippen LogP contribution in [-0.4, -0.2) is 0 Å². The van der Waals surface area contributed by atoms with Crippen molar-refractivity contribution in [2.75, 3.05) is 0 Å². The monoisotopic (exact) mass is 178 g/mol.